The van der Waals surface area contributed by atoms with Gasteiger partial charge >= 0.3 is 18.1 Å². The fourth-order valence-electron chi connectivity index (χ4n) is 4.34. The number of carbonyl (C=O) groups is 2. The molecule has 0 amide bonds. The van der Waals surface area contributed by atoms with Gasteiger partial charge in [-0.3, -0.25) is 4.79 Å². The third-order valence-corrected chi connectivity index (χ3v) is 5.82. The lowest BCUT2D eigenvalue weighted by Crippen LogP contribution is -2.52. The van der Waals surface area contributed by atoms with Gasteiger partial charge in [0.05, 0.1) is 26.4 Å². The molecule has 1 saturated heterocycles. The van der Waals surface area contributed by atoms with Gasteiger partial charge in [0.1, 0.15) is 0 Å². The fraction of sp³-hybridized carbons (Fsp3) is 0.619. The molecule has 2 fully saturated rings. The summed E-state index contributed by atoms with van der Waals surface area (Å²) in [5.74, 6) is -4.02. The number of carbonyl (C=O) groups excluding carboxylic acids is 2. The quantitative estimate of drug-likeness (QED) is 0.596. The molecule has 7 nitrogen and oxygen atoms in total. The standard InChI is InChI=1S/C21H25F3O7/c1-14(25)28-12-16-8-9-17(20(16)30-10-11-31-20)13-29-18(26)19(27-2,21(22,23)24)15-6-4-3-5-7-15/h3-7,16-17H,8-13H2,1-2H3/t16-,17+,19+/m0/s1. The van der Waals surface area contributed by atoms with Crippen LogP contribution in [0, 0.1) is 11.8 Å². The van der Waals surface area contributed by atoms with Crippen LogP contribution in [0.4, 0.5) is 13.2 Å². The van der Waals surface area contributed by atoms with Crippen molar-refractivity contribution in [3.8, 4) is 0 Å². The molecular formula is C21H25F3O7. The van der Waals surface area contributed by atoms with Crippen LogP contribution in [-0.2, 0) is 38.9 Å². The Morgan fingerprint density at radius 1 is 1.03 bits per heavy atom. The van der Waals surface area contributed by atoms with E-state index in [0.29, 0.717) is 12.8 Å². The van der Waals surface area contributed by atoms with Gasteiger partial charge in [-0.15, -0.1) is 0 Å². The van der Waals surface area contributed by atoms with Gasteiger partial charge in [0, 0.05) is 31.4 Å². The third-order valence-electron chi connectivity index (χ3n) is 5.82. The maximum absolute atomic E-state index is 14.0. The average molecular weight is 446 g/mol. The van der Waals surface area contributed by atoms with Crippen LogP contribution in [0.25, 0.3) is 0 Å². The lowest BCUT2D eigenvalue weighted by Gasteiger charge is -2.36. The summed E-state index contributed by atoms with van der Waals surface area (Å²) >= 11 is 0. The molecule has 31 heavy (non-hydrogen) atoms. The molecule has 172 valence electrons. The number of alkyl halides is 3. The molecule has 0 unspecified atom stereocenters. The second-order valence-electron chi connectivity index (χ2n) is 7.54. The Labute approximate surface area is 177 Å². The van der Waals surface area contributed by atoms with Crippen molar-refractivity contribution in [1.82, 2.24) is 0 Å². The zero-order valence-electron chi connectivity index (χ0n) is 17.3. The third kappa shape index (κ3) is 4.28. The van der Waals surface area contributed by atoms with Gasteiger partial charge < -0.3 is 23.7 Å². The van der Waals surface area contributed by atoms with Gasteiger partial charge in [0.2, 0.25) is 0 Å². The van der Waals surface area contributed by atoms with Gasteiger partial charge in [0.25, 0.3) is 5.60 Å². The van der Waals surface area contributed by atoms with E-state index < -0.39 is 35.4 Å². The Morgan fingerprint density at radius 3 is 2.06 bits per heavy atom. The predicted molar refractivity (Wildman–Crippen MR) is 99.6 cm³/mol. The van der Waals surface area contributed by atoms with E-state index in [9.17, 15) is 22.8 Å². The highest BCUT2D eigenvalue weighted by Crippen LogP contribution is 2.48. The van der Waals surface area contributed by atoms with E-state index in [2.05, 4.69) is 0 Å². The van der Waals surface area contributed by atoms with Crippen LogP contribution in [0.5, 0.6) is 0 Å². The number of halogens is 3. The first-order valence-corrected chi connectivity index (χ1v) is 9.93. The number of hydrogen-bond donors (Lipinski definition) is 0. The van der Waals surface area contributed by atoms with E-state index in [-0.39, 0.29) is 37.9 Å². The van der Waals surface area contributed by atoms with E-state index in [4.69, 9.17) is 23.7 Å². The van der Waals surface area contributed by atoms with E-state index in [1.54, 1.807) is 0 Å². The number of esters is 2. The number of methoxy groups -OCH3 is 1. The Balaban J connectivity index is 1.78. The van der Waals surface area contributed by atoms with Gasteiger partial charge in [-0.05, 0) is 12.8 Å². The molecule has 3 rings (SSSR count). The summed E-state index contributed by atoms with van der Waals surface area (Å²) in [6.45, 7) is 1.55. The van der Waals surface area contributed by atoms with Crippen LogP contribution in [0.1, 0.15) is 25.3 Å². The zero-order valence-corrected chi connectivity index (χ0v) is 17.3. The first kappa shape index (κ1) is 23.5. The zero-order chi connectivity index (χ0) is 22.7. The van der Waals surface area contributed by atoms with Crippen LogP contribution in [0.15, 0.2) is 30.3 Å². The van der Waals surface area contributed by atoms with E-state index in [0.717, 1.165) is 19.2 Å². The van der Waals surface area contributed by atoms with Crippen molar-refractivity contribution in [2.75, 3.05) is 33.5 Å². The van der Waals surface area contributed by atoms with E-state index in [1.807, 2.05) is 0 Å². The Hall–Kier alpha value is -2.17. The number of ether oxygens (including phenoxy) is 5. The largest absolute Gasteiger partial charge is 0.465 e. The van der Waals surface area contributed by atoms with Crippen LogP contribution >= 0.6 is 0 Å². The number of hydrogen-bond acceptors (Lipinski definition) is 7. The Bertz CT molecular complexity index is 777. The molecule has 1 spiro atoms. The van der Waals surface area contributed by atoms with Crippen molar-refractivity contribution in [3.63, 3.8) is 0 Å². The van der Waals surface area contributed by atoms with Crippen molar-refractivity contribution >= 4 is 11.9 Å². The molecule has 1 aliphatic heterocycles. The molecule has 1 aliphatic carbocycles. The van der Waals surface area contributed by atoms with Crippen LogP contribution < -0.4 is 0 Å². The SMILES string of the molecule is CO[C@@](C(=O)OC[C@H]1CC[C@@H](COC(C)=O)C12OCCO2)(c1ccccc1)C(F)(F)F. The number of rotatable bonds is 7. The highest BCUT2D eigenvalue weighted by Gasteiger charge is 2.64. The molecule has 10 heteroatoms. The first-order chi connectivity index (χ1) is 14.7. The van der Waals surface area contributed by atoms with Crippen molar-refractivity contribution < 1.29 is 46.4 Å². The van der Waals surface area contributed by atoms with E-state index >= 15 is 0 Å². The van der Waals surface area contributed by atoms with Crippen LogP contribution in [0.2, 0.25) is 0 Å². The van der Waals surface area contributed by atoms with E-state index in [1.165, 1.54) is 25.1 Å². The summed E-state index contributed by atoms with van der Waals surface area (Å²) in [5, 5.41) is 0. The smallest absolute Gasteiger partial charge is 0.432 e. The molecule has 2 aliphatic rings. The molecule has 1 saturated carbocycles. The molecule has 0 aromatic heterocycles. The summed E-state index contributed by atoms with van der Waals surface area (Å²) in [4.78, 5) is 24.0. The van der Waals surface area contributed by atoms with Crippen molar-refractivity contribution in [2.24, 2.45) is 11.8 Å². The lowest BCUT2D eigenvalue weighted by molar-refractivity contribution is -0.279. The summed E-state index contributed by atoms with van der Waals surface area (Å²) in [7, 11) is 0.817. The van der Waals surface area contributed by atoms with Crippen LogP contribution in [0.3, 0.4) is 0 Å². The normalized spacial score (nSPS) is 24.7. The summed E-state index contributed by atoms with van der Waals surface area (Å²) in [6.07, 6.45) is -4.04. The molecule has 0 radical (unpaired) electrons. The minimum atomic E-state index is -5.05. The minimum Gasteiger partial charge on any atom is -0.465 e. The molecule has 0 N–H and O–H groups in total. The minimum absolute atomic E-state index is 0.0500. The van der Waals surface area contributed by atoms with Crippen molar-refractivity contribution in [2.45, 2.75) is 37.3 Å². The second-order valence-corrected chi connectivity index (χ2v) is 7.54. The molecule has 3 atom stereocenters. The van der Waals surface area contributed by atoms with Gasteiger partial charge in [-0.25, -0.2) is 4.79 Å². The lowest BCUT2D eigenvalue weighted by atomic mass is 9.92. The molecule has 1 aromatic carbocycles. The van der Waals surface area contributed by atoms with Crippen LogP contribution in [-0.4, -0.2) is 57.4 Å². The van der Waals surface area contributed by atoms with Gasteiger partial charge in [-0.2, -0.15) is 13.2 Å². The Kier molecular flexibility index (Phi) is 6.92. The summed E-state index contributed by atoms with van der Waals surface area (Å²) < 4.78 is 68.7. The first-order valence-electron chi connectivity index (χ1n) is 9.93. The second kappa shape index (κ2) is 9.13. The summed E-state index contributed by atoms with van der Waals surface area (Å²) in [5.41, 5.74) is -3.63. The predicted octanol–water partition coefficient (Wildman–Crippen LogP) is 2.97. The molecular weight excluding hydrogens is 421 g/mol. The fourth-order valence-corrected chi connectivity index (χ4v) is 4.34. The molecule has 1 heterocycles. The Morgan fingerprint density at radius 2 is 1.58 bits per heavy atom. The maximum atomic E-state index is 14.0. The van der Waals surface area contributed by atoms with Gasteiger partial charge in [-0.1, -0.05) is 30.3 Å². The number of benzene rings is 1. The highest BCUT2D eigenvalue weighted by molar-refractivity contribution is 5.82. The topological polar surface area (TPSA) is 80.3 Å². The average Bonchev–Trinajstić information content (AvgIpc) is 3.34. The molecule has 1 aromatic rings. The van der Waals surface area contributed by atoms with Crippen molar-refractivity contribution in [3.05, 3.63) is 35.9 Å². The highest BCUT2D eigenvalue weighted by atomic mass is 19.4. The molecule has 0 bridgehead atoms. The van der Waals surface area contributed by atoms with Gasteiger partial charge in [0.15, 0.2) is 5.79 Å². The maximum Gasteiger partial charge on any atom is 0.432 e. The monoisotopic (exact) mass is 446 g/mol. The van der Waals surface area contributed by atoms with Crippen molar-refractivity contribution in [1.29, 1.82) is 0 Å². The summed E-state index contributed by atoms with van der Waals surface area (Å²) in [6, 6.07) is 6.62.